The van der Waals surface area contributed by atoms with Crippen LogP contribution in [-0.4, -0.2) is 31.0 Å². The van der Waals surface area contributed by atoms with E-state index in [4.69, 9.17) is 5.11 Å². The van der Waals surface area contributed by atoms with Crippen molar-refractivity contribution in [3.8, 4) is 0 Å². The number of hydrogen-bond acceptors (Lipinski definition) is 3. The third-order valence-electron chi connectivity index (χ3n) is 2.57. The lowest BCUT2D eigenvalue weighted by molar-refractivity contribution is -0.142. The van der Waals surface area contributed by atoms with E-state index in [-0.39, 0.29) is 17.4 Å². The Balaban J connectivity index is 4.09. The minimum atomic E-state index is -2.97. The lowest BCUT2D eigenvalue weighted by atomic mass is 9.94. The van der Waals surface area contributed by atoms with Crippen LogP contribution in [0.3, 0.4) is 0 Å². The summed E-state index contributed by atoms with van der Waals surface area (Å²) in [7, 11) is -2.97. The van der Waals surface area contributed by atoms with E-state index in [0.29, 0.717) is 6.42 Å². The molecule has 4 nitrogen and oxygen atoms in total. The maximum atomic E-state index is 11.1. The zero-order valence-electron chi connectivity index (χ0n) is 8.86. The molecule has 0 spiro atoms. The Morgan fingerprint density at radius 2 is 1.86 bits per heavy atom. The average Bonchev–Trinajstić information content (AvgIpc) is 2.13. The number of carboxylic acid groups (broad SMARTS) is 1. The Bertz CT molecular complexity index is 281. The van der Waals surface area contributed by atoms with Gasteiger partial charge in [0.1, 0.15) is 9.84 Å². The quantitative estimate of drug-likeness (QED) is 0.732. The highest BCUT2D eigenvalue weighted by molar-refractivity contribution is 7.91. The molecule has 0 aliphatic carbocycles. The van der Waals surface area contributed by atoms with Crippen LogP contribution >= 0.6 is 0 Å². The van der Waals surface area contributed by atoms with Gasteiger partial charge in [-0.15, -0.1) is 0 Å². The third kappa shape index (κ3) is 4.60. The van der Waals surface area contributed by atoms with Crippen LogP contribution < -0.4 is 0 Å². The van der Waals surface area contributed by atoms with Gasteiger partial charge in [-0.3, -0.25) is 4.79 Å². The fraction of sp³-hybridized carbons (Fsp3) is 0.889. The molecule has 14 heavy (non-hydrogen) atoms. The van der Waals surface area contributed by atoms with Gasteiger partial charge in [0.2, 0.25) is 0 Å². The van der Waals surface area contributed by atoms with Crippen molar-refractivity contribution in [1.29, 1.82) is 0 Å². The molecule has 0 aliphatic heterocycles. The van der Waals surface area contributed by atoms with Crippen molar-refractivity contribution >= 4 is 15.8 Å². The normalized spacial score (nSPS) is 16.2. The monoisotopic (exact) mass is 222 g/mol. The van der Waals surface area contributed by atoms with Crippen molar-refractivity contribution in [1.82, 2.24) is 0 Å². The van der Waals surface area contributed by atoms with Gasteiger partial charge in [-0.1, -0.05) is 20.8 Å². The Morgan fingerprint density at radius 3 is 2.21 bits per heavy atom. The van der Waals surface area contributed by atoms with E-state index in [1.807, 2.05) is 0 Å². The van der Waals surface area contributed by atoms with E-state index < -0.39 is 21.7 Å². The molecule has 2 unspecified atom stereocenters. The van der Waals surface area contributed by atoms with Gasteiger partial charge >= 0.3 is 5.97 Å². The van der Waals surface area contributed by atoms with Crippen LogP contribution in [0.4, 0.5) is 0 Å². The fourth-order valence-electron chi connectivity index (χ4n) is 1.00. The molecule has 0 fully saturated rings. The van der Waals surface area contributed by atoms with Crippen molar-refractivity contribution in [2.45, 2.75) is 27.2 Å². The molecule has 0 heterocycles. The van der Waals surface area contributed by atoms with Crippen LogP contribution in [0.5, 0.6) is 0 Å². The van der Waals surface area contributed by atoms with Gasteiger partial charge in [0.25, 0.3) is 0 Å². The molecule has 0 aromatic carbocycles. The van der Waals surface area contributed by atoms with Crippen molar-refractivity contribution in [3.63, 3.8) is 0 Å². The van der Waals surface area contributed by atoms with Gasteiger partial charge in [-0.2, -0.15) is 0 Å². The van der Waals surface area contributed by atoms with Gasteiger partial charge in [0.15, 0.2) is 0 Å². The summed E-state index contributed by atoms with van der Waals surface area (Å²) in [6, 6.07) is 0. The maximum absolute atomic E-state index is 11.1. The maximum Gasteiger partial charge on any atom is 0.306 e. The van der Waals surface area contributed by atoms with Gasteiger partial charge in [0.05, 0.1) is 11.7 Å². The van der Waals surface area contributed by atoms with E-state index in [2.05, 4.69) is 0 Å². The lowest BCUT2D eigenvalue weighted by Gasteiger charge is -2.15. The first-order valence-corrected chi connectivity index (χ1v) is 6.55. The Kier molecular flexibility index (Phi) is 5.12. The van der Waals surface area contributed by atoms with Gasteiger partial charge in [0, 0.05) is 5.75 Å². The number of hydrogen-bond donors (Lipinski definition) is 1. The summed E-state index contributed by atoms with van der Waals surface area (Å²) in [4.78, 5) is 10.6. The molecule has 5 heteroatoms. The fourth-order valence-corrected chi connectivity index (χ4v) is 2.02. The molecule has 0 aromatic rings. The summed E-state index contributed by atoms with van der Waals surface area (Å²) in [5, 5.41) is 8.69. The number of carbonyl (C=O) groups is 1. The van der Waals surface area contributed by atoms with Gasteiger partial charge < -0.3 is 5.11 Å². The summed E-state index contributed by atoms with van der Waals surface area (Å²) in [6.45, 7) is 4.97. The van der Waals surface area contributed by atoms with Gasteiger partial charge in [-0.05, 0) is 12.3 Å². The molecule has 84 valence electrons. The minimum absolute atomic E-state index is 0.0856. The van der Waals surface area contributed by atoms with Crippen LogP contribution in [0.25, 0.3) is 0 Å². The van der Waals surface area contributed by atoms with E-state index in [1.165, 1.54) is 0 Å². The second kappa shape index (κ2) is 5.34. The highest BCUT2D eigenvalue weighted by atomic mass is 32.2. The molecule has 2 atom stereocenters. The molecule has 0 saturated carbocycles. The molecule has 1 N–H and O–H groups in total. The number of aliphatic carboxylic acids is 1. The summed E-state index contributed by atoms with van der Waals surface area (Å²) in [5.41, 5.74) is 0. The second-order valence-electron chi connectivity index (χ2n) is 3.63. The van der Waals surface area contributed by atoms with E-state index in [9.17, 15) is 13.2 Å². The lowest BCUT2D eigenvalue weighted by Crippen LogP contribution is -2.21. The predicted molar refractivity (Wildman–Crippen MR) is 54.9 cm³/mol. The molecule has 0 rings (SSSR count). The van der Waals surface area contributed by atoms with Crippen LogP contribution in [0.1, 0.15) is 27.2 Å². The smallest absolute Gasteiger partial charge is 0.306 e. The molecule has 0 bridgehead atoms. The summed E-state index contributed by atoms with van der Waals surface area (Å²) >= 11 is 0. The van der Waals surface area contributed by atoms with Crippen LogP contribution in [0, 0.1) is 11.8 Å². The molecule has 0 saturated heterocycles. The standard InChI is InChI=1S/C9H18O4S/c1-4-14(12,13)6-5-7(2)8(3)9(10)11/h7-8H,4-6H2,1-3H3,(H,10,11). The highest BCUT2D eigenvalue weighted by Gasteiger charge is 2.20. The number of rotatable bonds is 6. The Labute approximate surface area is 85.2 Å². The van der Waals surface area contributed by atoms with Crippen LogP contribution in [0.15, 0.2) is 0 Å². The van der Waals surface area contributed by atoms with Crippen molar-refractivity contribution in [3.05, 3.63) is 0 Å². The van der Waals surface area contributed by atoms with E-state index in [0.717, 1.165) is 0 Å². The van der Waals surface area contributed by atoms with Crippen molar-refractivity contribution in [2.75, 3.05) is 11.5 Å². The average molecular weight is 222 g/mol. The van der Waals surface area contributed by atoms with Crippen LogP contribution in [-0.2, 0) is 14.6 Å². The molecular weight excluding hydrogens is 204 g/mol. The number of carboxylic acids is 1. The first-order chi connectivity index (χ1) is 6.30. The SMILES string of the molecule is CCS(=O)(=O)CCC(C)C(C)C(=O)O. The van der Waals surface area contributed by atoms with Crippen molar-refractivity contribution in [2.24, 2.45) is 11.8 Å². The van der Waals surface area contributed by atoms with E-state index >= 15 is 0 Å². The van der Waals surface area contributed by atoms with Crippen molar-refractivity contribution < 1.29 is 18.3 Å². The topological polar surface area (TPSA) is 71.4 Å². The van der Waals surface area contributed by atoms with Crippen LogP contribution in [0.2, 0.25) is 0 Å². The largest absolute Gasteiger partial charge is 0.481 e. The predicted octanol–water partition coefficient (Wildman–Crippen LogP) is 1.17. The first-order valence-electron chi connectivity index (χ1n) is 4.73. The second-order valence-corrected chi connectivity index (χ2v) is 6.10. The summed E-state index contributed by atoms with van der Waals surface area (Å²) < 4.78 is 22.3. The zero-order valence-corrected chi connectivity index (χ0v) is 9.67. The first kappa shape index (κ1) is 13.4. The molecule has 0 aromatic heterocycles. The summed E-state index contributed by atoms with van der Waals surface area (Å²) in [5.74, 6) is -1.24. The summed E-state index contributed by atoms with van der Waals surface area (Å²) in [6.07, 6.45) is 0.420. The number of sulfone groups is 1. The molecule has 0 radical (unpaired) electrons. The Hall–Kier alpha value is -0.580. The zero-order chi connectivity index (χ0) is 11.4. The van der Waals surface area contributed by atoms with Gasteiger partial charge in [-0.25, -0.2) is 8.42 Å². The molecular formula is C9H18O4S. The molecule has 0 amide bonds. The third-order valence-corrected chi connectivity index (χ3v) is 4.30. The minimum Gasteiger partial charge on any atom is -0.481 e. The van der Waals surface area contributed by atoms with E-state index in [1.54, 1.807) is 20.8 Å². The molecule has 0 aliphatic rings. The highest BCUT2D eigenvalue weighted by Crippen LogP contribution is 2.16. The Morgan fingerprint density at radius 1 is 1.36 bits per heavy atom.